The minimum atomic E-state index is 0.0133. The number of hydrogen-bond donors (Lipinski definition) is 0. The van der Waals surface area contributed by atoms with Gasteiger partial charge in [-0.3, -0.25) is 4.79 Å². The molecule has 0 radical (unpaired) electrons. The zero-order chi connectivity index (χ0) is 7.35. The van der Waals surface area contributed by atoms with E-state index in [1.54, 1.807) is 6.92 Å². The first kappa shape index (κ1) is 6.14. The van der Waals surface area contributed by atoms with Gasteiger partial charge in [-0.25, -0.2) is 0 Å². The summed E-state index contributed by atoms with van der Waals surface area (Å²) in [7, 11) is 0. The van der Waals surface area contributed by atoms with Crippen LogP contribution in [0.15, 0.2) is 12.2 Å². The monoisotopic (exact) mass is 136 g/mol. The molecule has 0 aromatic rings. The molecule has 0 aromatic carbocycles. The molecule has 1 saturated carbocycles. The molecule has 2 rings (SSSR count). The summed E-state index contributed by atoms with van der Waals surface area (Å²) >= 11 is 0. The Labute approximate surface area is 61.1 Å². The molecule has 54 valence electrons. The highest BCUT2D eigenvalue weighted by Crippen LogP contribution is 2.62. The van der Waals surface area contributed by atoms with E-state index in [0.29, 0.717) is 17.6 Å². The van der Waals surface area contributed by atoms with Crippen LogP contribution in [-0.4, -0.2) is 5.78 Å². The second kappa shape index (κ2) is 1.52. The molecule has 0 N–H and O–H groups in total. The Morgan fingerprint density at radius 1 is 1.70 bits per heavy atom. The highest BCUT2D eigenvalue weighted by atomic mass is 16.1. The van der Waals surface area contributed by atoms with Crippen molar-refractivity contribution in [3.05, 3.63) is 12.2 Å². The van der Waals surface area contributed by atoms with Crippen LogP contribution in [0.5, 0.6) is 0 Å². The number of Topliss-reactive ketones (excluding diaryl/α,β-unsaturated/α-hetero) is 1. The summed E-state index contributed by atoms with van der Waals surface area (Å²) in [6.07, 6.45) is 5.40. The van der Waals surface area contributed by atoms with Gasteiger partial charge in [-0.15, -0.1) is 0 Å². The Morgan fingerprint density at radius 3 is 2.60 bits per heavy atom. The van der Waals surface area contributed by atoms with E-state index in [2.05, 4.69) is 19.1 Å². The van der Waals surface area contributed by atoms with E-state index in [1.807, 2.05) is 0 Å². The predicted octanol–water partition coefficient (Wildman–Crippen LogP) is 1.79. The lowest BCUT2D eigenvalue weighted by Crippen LogP contribution is -2.09. The van der Waals surface area contributed by atoms with Crippen LogP contribution in [0.25, 0.3) is 0 Å². The molecule has 0 aromatic heterocycles. The van der Waals surface area contributed by atoms with Gasteiger partial charge in [0.15, 0.2) is 0 Å². The molecule has 0 bridgehead atoms. The Balaban J connectivity index is 2.27. The van der Waals surface area contributed by atoms with E-state index in [0.717, 1.165) is 6.42 Å². The molecule has 1 nitrogen and oxygen atoms in total. The summed E-state index contributed by atoms with van der Waals surface area (Å²) in [5.41, 5.74) is 0.0133. The summed E-state index contributed by atoms with van der Waals surface area (Å²) < 4.78 is 0. The quantitative estimate of drug-likeness (QED) is 0.502. The van der Waals surface area contributed by atoms with Gasteiger partial charge in [0.05, 0.1) is 5.41 Å². The van der Waals surface area contributed by atoms with Crippen molar-refractivity contribution >= 4 is 5.78 Å². The topological polar surface area (TPSA) is 17.1 Å². The molecule has 0 aliphatic heterocycles. The molecule has 2 aliphatic carbocycles. The average Bonchev–Trinajstić information content (AvgIpc) is 2.52. The fraction of sp³-hybridized carbons (Fsp3) is 0.667. The summed E-state index contributed by atoms with van der Waals surface area (Å²) in [4.78, 5) is 11.1. The average molecular weight is 136 g/mol. The van der Waals surface area contributed by atoms with Crippen LogP contribution >= 0.6 is 0 Å². The fourth-order valence-corrected chi connectivity index (χ4v) is 2.13. The summed E-state index contributed by atoms with van der Waals surface area (Å²) in [5, 5.41) is 0. The highest BCUT2D eigenvalue weighted by molar-refractivity contribution is 5.88. The number of fused-ring (bicyclic) bond motifs is 1. The van der Waals surface area contributed by atoms with E-state index in [9.17, 15) is 4.79 Å². The highest BCUT2D eigenvalue weighted by Gasteiger charge is 2.60. The maximum absolute atomic E-state index is 11.1. The zero-order valence-electron chi connectivity index (χ0n) is 6.42. The lowest BCUT2D eigenvalue weighted by Gasteiger charge is -2.01. The van der Waals surface area contributed by atoms with Crippen molar-refractivity contribution in [2.75, 3.05) is 0 Å². The molecule has 2 unspecified atom stereocenters. The third-order valence-corrected chi connectivity index (χ3v) is 3.05. The van der Waals surface area contributed by atoms with Crippen molar-refractivity contribution in [3.8, 4) is 0 Å². The van der Waals surface area contributed by atoms with E-state index >= 15 is 0 Å². The van der Waals surface area contributed by atoms with Crippen molar-refractivity contribution in [1.29, 1.82) is 0 Å². The summed E-state index contributed by atoms with van der Waals surface area (Å²) in [6.45, 7) is 3.90. The van der Waals surface area contributed by atoms with Crippen molar-refractivity contribution in [2.24, 2.45) is 17.3 Å². The Hall–Kier alpha value is -0.590. The van der Waals surface area contributed by atoms with Crippen LogP contribution in [0.2, 0.25) is 0 Å². The van der Waals surface area contributed by atoms with Gasteiger partial charge < -0.3 is 0 Å². The number of rotatable bonds is 1. The van der Waals surface area contributed by atoms with Gasteiger partial charge in [0.1, 0.15) is 5.78 Å². The number of allylic oxidation sites excluding steroid dienone is 2. The fourth-order valence-electron chi connectivity index (χ4n) is 2.13. The van der Waals surface area contributed by atoms with Crippen LogP contribution in [0, 0.1) is 17.3 Å². The van der Waals surface area contributed by atoms with E-state index in [4.69, 9.17) is 0 Å². The van der Waals surface area contributed by atoms with E-state index < -0.39 is 0 Å². The van der Waals surface area contributed by atoms with Gasteiger partial charge in [0.25, 0.3) is 0 Å². The number of carbonyl (C=O) groups is 1. The number of ketones is 1. The van der Waals surface area contributed by atoms with Gasteiger partial charge in [0, 0.05) is 0 Å². The van der Waals surface area contributed by atoms with Gasteiger partial charge in [0.2, 0.25) is 0 Å². The molecule has 3 atom stereocenters. The zero-order valence-corrected chi connectivity index (χ0v) is 6.42. The van der Waals surface area contributed by atoms with Gasteiger partial charge in [-0.05, 0) is 25.2 Å². The van der Waals surface area contributed by atoms with Crippen LogP contribution in [0.1, 0.15) is 20.3 Å². The van der Waals surface area contributed by atoms with Crippen molar-refractivity contribution in [3.63, 3.8) is 0 Å². The minimum absolute atomic E-state index is 0.0133. The maximum atomic E-state index is 11.1. The molecule has 0 amide bonds. The molecule has 1 fully saturated rings. The van der Waals surface area contributed by atoms with Crippen molar-refractivity contribution < 1.29 is 4.79 Å². The number of carbonyl (C=O) groups excluding carboxylic acids is 1. The molecular formula is C9H12O. The van der Waals surface area contributed by atoms with Gasteiger partial charge in [-0.1, -0.05) is 19.1 Å². The lowest BCUT2D eigenvalue weighted by molar-refractivity contribution is -0.120. The Morgan fingerprint density at radius 2 is 2.40 bits per heavy atom. The summed E-state index contributed by atoms with van der Waals surface area (Å²) in [5.74, 6) is 1.66. The minimum Gasteiger partial charge on any atom is -0.299 e. The van der Waals surface area contributed by atoms with E-state index in [-0.39, 0.29) is 5.41 Å². The lowest BCUT2D eigenvalue weighted by atomic mass is 10.0. The molecule has 1 heteroatoms. The third-order valence-electron chi connectivity index (χ3n) is 3.05. The van der Waals surface area contributed by atoms with Gasteiger partial charge >= 0.3 is 0 Å². The second-order valence-electron chi connectivity index (χ2n) is 3.63. The summed E-state index contributed by atoms with van der Waals surface area (Å²) in [6, 6.07) is 0. The second-order valence-corrected chi connectivity index (χ2v) is 3.63. The Bertz CT molecular complexity index is 217. The van der Waals surface area contributed by atoms with Crippen LogP contribution in [0.4, 0.5) is 0 Å². The SMILES string of the molecule is CC(=O)C12C=CC(C)[C@@H]1C2. The standard InChI is InChI=1S/C9H12O/c1-6-3-4-9(7(2)10)5-8(6)9/h3-4,6,8H,5H2,1-2H3/t6?,8-,9?/m0/s1. The van der Waals surface area contributed by atoms with Crippen molar-refractivity contribution in [1.82, 2.24) is 0 Å². The first-order chi connectivity index (χ1) is 4.67. The maximum Gasteiger partial charge on any atom is 0.140 e. The number of hydrogen-bond acceptors (Lipinski definition) is 1. The third kappa shape index (κ3) is 0.511. The smallest absolute Gasteiger partial charge is 0.140 e. The van der Waals surface area contributed by atoms with E-state index in [1.165, 1.54) is 0 Å². The van der Waals surface area contributed by atoms with Gasteiger partial charge in [-0.2, -0.15) is 0 Å². The molecule has 0 spiro atoms. The molecule has 10 heavy (non-hydrogen) atoms. The Kier molecular flexibility index (Phi) is 0.936. The largest absolute Gasteiger partial charge is 0.299 e. The molecule has 0 saturated heterocycles. The first-order valence-electron chi connectivity index (χ1n) is 3.87. The van der Waals surface area contributed by atoms with Crippen molar-refractivity contribution in [2.45, 2.75) is 20.3 Å². The molecule has 2 aliphatic rings. The molecule has 0 heterocycles. The normalized spacial score (nSPS) is 49.0. The first-order valence-corrected chi connectivity index (χ1v) is 3.87. The van der Waals surface area contributed by atoms with Crippen LogP contribution in [0.3, 0.4) is 0 Å². The predicted molar refractivity (Wildman–Crippen MR) is 39.5 cm³/mol. The van der Waals surface area contributed by atoms with Crippen LogP contribution in [-0.2, 0) is 4.79 Å². The van der Waals surface area contributed by atoms with Crippen LogP contribution < -0.4 is 0 Å². The molecular weight excluding hydrogens is 124 g/mol.